The fourth-order valence-electron chi connectivity index (χ4n) is 12.3. The van der Waals surface area contributed by atoms with Crippen molar-refractivity contribution in [3.63, 3.8) is 0 Å². The maximum atomic E-state index is 4.65. The van der Waals surface area contributed by atoms with Gasteiger partial charge in [0.25, 0.3) is 0 Å². The Morgan fingerprint density at radius 3 is 0.957 bits per heavy atom. The smallest absolute Gasteiger partial charge is 0.0702 e. The van der Waals surface area contributed by atoms with Crippen LogP contribution in [0.25, 0.3) is 100 Å². The first kappa shape index (κ1) is 41.3. The Bertz CT molecular complexity index is 3720. The number of fused-ring (bicyclic) bond motifs is 9. The van der Waals surface area contributed by atoms with E-state index >= 15 is 0 Å². The molecule has 0 saturated heterocycles. The lowest BCUT2D eigenvalue weighted by atomic mass is 9.79. The molecule has 0 saturated carbocycles. The lowest BCUT2D eigenvalue weighted by Gasteiger charge is -2.24. The lowest BCUT2D eigenvalue weighted by Crippen LogP contribution is -2.16. The zero-order valence-electron chi connectivity index (χ0n) is 40.2. The molecule has 13 rings (SSSR count). The Morgan fingerprint density at radius 1 is 0.232 bits per heavy atom. The molecule has 9 aromatic carbocycles. The molecule has 0 unspecified atom stereocenters. The molecular formula is C68H53N. The molecule has 3 aliphatic rings. The third-order valence-corrected chi connectivity index (χ3v) is 16.2. The van der Waals surface area contributed by atoms with E-state index in [0.29, 0.717) is 0 Å². The second-order valence-electron chi connectivity index (χ2n) is 21.1. The fourth-order valence-corrected chi connectivity index (χ4v) is 12.3. The summed E-state index contributed by atoms with van der Waals surface area (Å²) in [5.41, 5.74) is 30.6. The predicted molar refractivity (Wildman–Crippen MR) is 290 cm³/mol. The van der Waals surface area contributed by atoms with Crippen molar-refractivity contribution in [1.82, 2.24) is 4.98 Å². The van der Waals surface area contributed by atoms with E-state index in [9.17, 15) is 0 Å². The van der Waals surface area contributed by atoms with E-state index in [1.165, 1.54) is 128 Å². The maximum Gasteiger partial charge on any atom is 0.0702 e. The zero-order valence-corrected chi connectivity index (χ0v) is 40.2. The number of hydrogen-bond donors (Lipinski definition) is 0. The molecule has 1 aromatic heterocycles. The highest BCUT2D eigenvalue weighted by atomic mass is 14.7. The Morgan fingerprint density at radius 2 is 0.536 bits per heavy atom. The molecule has 0 amide bonds. The number of hydrogen-bond acceptors (Lipinski definition) is 1. The molecule has 1 nitrogen and oxygen atoms in total. The molecule has 69 heavy (non-hydrogen) atoms. The van der Waals surface area contributed by atoms with E-state index in [2.05, 4.69) is 247 Å². The highest BCUT2D eigenvalue weighted by molar-refractivity contribution is 5.92. The number of pyridine rings is 1. The molecule has 0 spiro atoms. The van der Waals surface area contributed by atoms with Gasteiger partial charge in [-0.1, -0.05) is 199 Å². The van der Waals surface area contributed by atoms with Crippen LogP contribution in [0.15, 0.2) is 212 Å². The second-order valence-corrected chi connectivity index (χ2v) is 21.1. The summed E-state index contributed by atoms with van der Waals surface area (Å²) in [5.74, 6) is 0. The summed E-state index contributed by atoms with van der Waals surface area (Å²) < 4.78 is 0. The first-order valence-corrected chi connectivity index (χ1v) is 24.5. The van der Waals surface area contributed by atoms with Gasteiger partial charge in [0.1, 0.15) is 0 Å². The molecule has 0 bridgehead atoms. The molecule has 1 heterocycles. The normalized spacial score (nSPS) is 14.9. The van der Waals surface area contributed by atoms with Gasteiger partial charge in [-0.15, -0.1) is 0 Å². The second kappa shape index (κ2) is 15.1. The van der Waals surface area contributed by atoms with Crippen molar-refractivity contribution >= 4 is 0 Å². The topological polar surface area (TPSA) is 12.9 Å². The van der Waals surface area contributed by atoms with E-state index in [0.717, 1.165) is 5.69 Å². The summed E-state index contributed by atoms with van der Waals surface area (Å²) in [6.07, 6.45) is 1.88. The highest BCUT2D eigenvalue weighted by Gasteiger charge is 2.39. The van der Waals surface area contributed by atoms with Gasteiger partial charge in [0.05, 0.1) is 5.69 Å². The van der Waals surface area contributed by atoms with Crippen LogP contribution in [0.5, 0.6) is 0 Å². The van der Waals surface area contributed by atoms with Gasteiger partial charge >= 0.3 is 0 Å². The van der Waals surface area contributed by atoms with Gasteiger partial charge in [0, 0.05) is 28.0 Å². The van der Waals surface area contributed by atoms with Crippen LogP contribution in [0.1, 0.15) is 74.9 Å². The predicted octanol–water partition coefficient (Wildman–Crippen LogP) is 18.0. The van der Waals surface area contributed by atoms with Crippen molar-refractivity contribution < 1.29 is 0 Å². The van der Waals surface area contributed by atoms with E-state index in [4.69, 9.17) is 0 Å². The zero-order chi connectivity index (χ0) is 46.8. The number of nitrogens with zero attached hydrogens (tertiary/aromatic N) is 1. The summed E-state index contributed by atoms with van der Waals surface area (Å²) in [6, 6.07) is 77.3. The van der Waals surface area contributed by atoms with Crippen molar-refractivity contribution in [2.24, 2.45) is 0 Å². The molecule has 0 atom stereocenters. The lowest BCUT2D eigenvalue weighted by molar-refractivity contribution is 0.659. The maximum absolute atomic E-state index is 4.65. The average Bonchev–Trinajstić information content (AvgIpc) is 3.87. The first-order chi connectivity index (χ1) is 33.4. The molecule has 0 aliphatic heterocycles. The summed E-state index contributed by atoms with van der Waals surface area (Å²) in [5, 5.41) is 0. The number of rotatable bonds is 6. The Labute approximate surface area is 406 Å². The molecule has 0 fully saturated rings. The monoisotopic (exact) mass is 883 g/mol. The van der Waals surface area contributed by atoms with Gasteiger partial charge in [-0.3, -0.25) is 4.98 Å². The van der Waals surface area contributed by atoms with Gasteiger partial charge in [-0.2, -0.15) is 0 Å². The third-order valence-electron chi connectivity index (χ3n) is 16.2. The minimum Gasteiger partial charge on any atom is -0.256 e. The molecule has 1 heteroatoms. The molecule has 0 radical (unpaired) electrons. The van der Waals surface area contributed by atoms with Gasteiger partial charge in [-0.05, 0) is 171 Å². The van der Waals surface area contributed by atoms with E-state index < -0.39 is 0 Å². The molecule has 10 aromatic rings. The Hall–Kier alpha value is -7.87. The largest absolute Gasteiger partial charge is 0.256 e. The van der Waals surface area contributed by atoms with Crippen molar-refractivity contribution in [2.75, 3.05) is 0 Å². The van der Waals surface area contributed by atoms with Crippen molar-refractivity contribution in [2.45, 2.75) is 57.8 Å². The van der Waals surface area contributed by atoms with Crippen molar-refractivity contribution in [3.05, 3.63) is 246 Å². The SMILES string of the molecule is CC1(C)c2cc(-c3ccc4c(c3)C(C)(C)c3cc(-c5ccccn5)ccc3-4)ccc2-c2ccc(-c3ccc4c(c3)C(C)(C)c3cc(-c5ccccc5-c5ccc(-c6ccccc6)cc5)ccc3-4)cc21. The number of benzene rings is 9. The average molecular weight is 884 g/mol. The summed E-state index contributed by atoms with van der Waals surface area (Å²) in [7, 11) is 0. The Balaban J connectivity index is 0.789. The van der Waals surface area contributed by atoms with Crippen LogP contribution in [-0.4, -0.2) is 4.98 Å². The van der Waals surface area contributed by atoms with Gasteiger partial charge in [0.2, 0.25) is 0 Å². The molecule has 3 aliphatic carbocycles. The summed E-state index contributed by atoms with van der Waals surface area (Å²) in [4.78, 5) is 4.65. The van der Waals surface area contributed by atoms with Crippen LogP contribution >= 0.6 is 0 Å². The standard InChI is InChI=1S/C68H53N/c1-66(2)59-36-45(23-29-53(59)54-30-24-46(37-60(54)66)48-26-32-56-58-34-28-50(65-18-12-13-35-69-65)41-64(58)68(5,6)62(56)39-48)47-25-31-55-57-33-27-49(40-63(57)67(3,4)61(55)38-47)52-17-11-10-16-51(52)44-21-19-43(20-22-44)42-14-8-7-9-15-42/h7-41H,1-6H3. The minimum atomic E-state index is -0.163. The third kappa shape index (κ3) is 6.33. The first-order valence-electron chi connectivity index (χ1n) is 24.5. The van der Waals surface area contributed by atoms with Crippen LogP contribution in [0.2, 0.25) is 0 Å². The van der Waals surface area contributed by atoms with Crippen LogP contribution in [-0.2, 0) is 16.2 Å². The quantitative estimate of drug-likeness (QED) is 0.162. The molecule has 330 valence electrons. The highest BCUT2D eigenvalue weighted by Crippen LogP contribution is 2.55. The van der Waals surface area contributed by atoms with Gasteiger partial charge in [0.15, 0.2) is 0 Å². The summed E-state index contributed by atoms with van der Waals surface area (Å²) >= 11 is 0. The van der Waals surface area contributed by atoms with Gasteiger partial charge < -0.3 is 0 Å². The van der Waals surface area contributed by atoms with E-state index in [1.54, 1.807) is 0 Å². The Kier molecular flexibility index (Phi) is 9.02. The van der Waals surface area contributed by atoms with Crippen LogP contribution in [0.3, 0.4) is 0 Å². The summed E-state index contributed by atoms with van der Waals surface area (Å²) in [6.45, 7) is 14.4. The minimum absolute atomic E-state index is 0.129. The van der Waals surface area contributed by atoms with Gasteiger partial charge in [-0.25, -0.2) is 0 Å². The number of aromatic nitrogens is 1. The van der Waals surface area contributed by atoms with Crippen molar-refractivity contribution in [1.29, 1.82) is 0 Å². The van der Waals surface area contributed by atoms with Crippen LogP contribution in [0.4, 0.5) is 0 Å². The molecular weight excluding hydrogens is 831 g/mol. The van der Waals surface area contributed by atoms with E-state index in [1.807, 2.05) is 12.3 Å². The van der Waals surface area contributed by atoms with Crippen molar-refractivity contribution in [3.8, 4) is 100 Å². The van der Waals surface area contributed by atoms with Crippen LogP contribution < -0.4 is 0 Å². The fraction of sp³-hybridized carbons (Fsp3) is 0.132. The van der Waals surface area contributed by atoms with E-state index in [-0.39, 0.29) is 16.2 Å². The van der Waals surface area contributed by atoms with Crippen LogP contribution in [0, 0.1) is 0 Å². The molecule has 0 N–H and O–H groups in total.